The predicted molar refractivity (Wildman–Crippen MR) is 128 cm³/mol. The van der Waals surface area contributed by atoms with E-state index in [2.05, 4.69) is 31.1 Å². The Hall–Kier alpha value is -1.39. The summed E-state index contributed by atoms with van der Waals surface area (Å²) in [5.41, 5.74) is 3.34. The first kappa shape index (κ1) is 26.6. The Kier molecular flexibility index (Phi) is 14.5. The third kappa shape index (κ3) is 11.7. The van der Waals surface area contributed by atoms with Crippen LogP contribution in [0.5, 0.6) is 11.5 Å². The molecule has 0 saturated carbocycles. The zero-order valence-electron chi connectivity index (χ0n) is 18.9. The molecule has 0 radical (unpaired) electrons. The van der Waals surface area contributed by atoms with Crippen molar-refractivity contribution in [3.05, 3.63) is 33.8 Å². The van der Waals surface area contributed by atoms with Crippen LogP contribution in [0.4, 0.5) is 0 Å². The molecule has 6 heteroatoms. The maximum atomic E-state index is 6.23. The summed E-state index contributed by atoms with van der Waals surface area (Å²) in [5, 5.41) is 3.95. The average Bonchev–Trinajstić information content (AvgIpc) is 2.70. The highest BCUT2D eigenvalue weighted by Crippen LogP contribution is 2.31. The topological polar surface area (TPSA) is 40.0 Å². The molecule has 1 rings (SSSR count). The van der Waals surface area contributed by atoms with E-state index in [0.717, 1.165) is 68.8 Å². The number of benzene rings is 1. The second-order valence-electron chi connectivity index (χ2n) is 7.47. The molecule has 170 valence electrons. The summed E-state index contributed by atoms with van der Waals surface area (Å²) in [6.07, 6.45) is 10.2. The molecule has 0 heterocycles. The molecule has 0 saturated heterocycles. The van der Waals surface area contributed by atoms with Crippen molar-refractivity contribution >= 4 is 28.9 Å². The van der Waals surface area contributed by atoms with Crippen molar-refractivity contribution in [2.24, 2.45) is 5.16 Å². The van der Waals surface area contributed by atoms with Crippen molar-refractivity contribution in [2.75, 3.05) is 19.8 Å². The van der Waals surface area contributed by atoms with Gasteiger partial charge in [-0.2, -0.15) is 0 Å². The number of aryl methyl sites for hydroxylation is 2. The summed E-state index contributed by atoms with van der Waals surface area (Å²) in [6, 6.07) is 4.14. The Bertz CT molecular complexity index is 667. The van der Waals surface area contributed by atoms with Crippen LogP contribution >= 0.6 is 23.2 Å². The number of nitrogens with zero attached hydrogens (tertiary/aromatic N) is 1. The van der Waals surface area contributed by atoms with E-state index in [0.29, 0.717) is 13.2 Å². The van der Waals surface area contributed by atoms with Crippen molar-refractivity contribution < 1.29 is 14.3 Å². The van der Waals surface area contributed by atoms with E-state index in [4.69, 9.17) is 37.5 Å². The van der Waals surface area contributed by atoms with Crippen molar-refractivity contribution in [1.82, 2.24) is 0 Å². The average molecular weight is 458 g/mol. The molecule has 1 aromatic rings. The van der Waals surface area contributed by atoms with Gasteiger partial charge in [-0.05, 0) is 75.3 Å². The first-order valence-electron chi connectivity index (χ1n) is 11.0. The minimum Gasteiger partial charge on any atom is -0.493 e. The number of hydrogen-bond acceptors (Lipinski definition) is 4. The molecule has 0 aromatic heterocycles. The third-order valence-electron chi connectivity index (χ3n) is 4.48. The van der Waals surface area contributed by atoms with Crippen LogP contribution in [-0.2, 0) is 17.7 Å². The van der Waals surface area contributed by atoms with Gasteiger partial charge in [-0.1, -0.05) is 61.5 Å². The lowest BCUT2D eigenvalue weighted by Gasteiger charge is -2.17. The Morgan fingerprint density at radius 3 is 2.23 bits per heavy atom. The normalized spacial score (nSPS) is 10.5. The van der Waals surface area contributed by atoms with E-state index < -0.39 is 0 Å². The van der Waals surface area contributed by atoms with Gasteiger partial charge in [0.25, 0.3) is 0 Å². The van der Waals surface area contributed by atoms with E-state index in [1.165, 1.54) is 17.5 Å². The number of ether oxygens (including phenoxy) is 2. The van der Waals surface area contributed by atoms with Gasteiger partial charge in [0.1, 0.15) is 29.2 Å². The summed E-state index contributed by atoms with van der Waals surface area (Å²) < 4.78 is 12.2. The number of hydrogen-bond donors (Lipinski definition) is 0. The summed E-state index contributed by atoms with van der Waals surface area (Å²) in [5.74, 6) is 1.86. The van der Waals surface area contributed by atoms with Crippen LogP contribution in [0.15, 0.2) is 27.9 Å². The molecule has 4 nitrogen and oxygen atoms in total. The van der Waals surface area contributed by atoms with Crippen LogP contribution in [-0.4, -0.2) is 25.5 Å². The highest BCUT2D eigenvalue weighted by molar-refractivity contribution is 6.55. The van der Waals surface area contributed by atoms with Crippen LogP contribution in [0, 0.1) is 0 Å². The minimum atomic E-state index is 0.219. The molecule has 0 fully saturated rings. The van der Waals surface area contributed by atoms with Crippen LogP contribution in [0.25, 0.3) is 0 Å². The van der Waals surface area contributed by atoms with E-state index in [9.17, 15) is 0 Å². The van der Waals surface area contributed by atoms with E-state index in [1.807, 2.05) is 13.8 Å². The maximum Gasteiger partial charge on any atom is 0.125 e. The van der Waals surface area contributed by atoms with Gasteiger partial charge in [-0.25, -0.2) is 0 Å². The molecular weight excluding hydrogens is 421 g/mol. The molecule has 0 atom stereocenters. The predicted octanol–water partition coefficient (Wildman–Crippen LogP) is 7.64. The Morgan fingerprint density at radius 2 is 1.60 bits per heavy atom. The fourth-order valence-electron chi connectivity index (χ4n) is 3.06. The molecule has 1 aromatic carbocycles. The first-order chi connectivity index (χ1) is 14.5. The SMILES string of the molecule is CCCc1cc(OCC=C(Cl)Cl)cc(CC)c1OCCCCCCCON=C(C)C. The second kappa shape index (κ2) is 16.3. The van der Waals surface area contributed by atoms with Gasteiger partial charge in [0.15, 0.2) is 0 Å². The lowest BCUT2D eigenvalue weighted by atomic mass is 10.0. The zero-order valence-corrected chi connectivity index (χ0v) is 20.4. The molecule has 0 aliphatic heterocycles. The summed E-state index contributed by atoms with van der Waals surface area (Å²) in [4.78, 5) is 5.22. The fourth-order valence-corrected chi connectivity index (χ4v) is 3.18. The lowest BCUT2D eigenvalue weighted by molar-refractivity contribution is 0.139. The summed E-state index contributed by atoms with van der Waals surface area (Å²) in [7, 11) is 0. The zero-order chi connectivity index (χ0) is 22.2. The van der Waals surface area contributed by atoms with Gasteiger partial charge in [0, 0.05) is 0 Å². The molecule has 0 amide bonds. The van der Waals surface area contributed by atoms with Crippen molar-refractivity contribution in [3.63, 3.8) is 0 Å². The van der Waals surface area contributed by atoms with Gasteiger partial charge in [0.2, 0.25) is 0 Å². The van der Waals surface area contributed by atoms with E-state index in [-0.39, 0.29) is 4.49 Å². The van der Waals surface area contributed by atoms with Crippen LogP contribution in [0.2, 0.25) is 0 Å². The van der Waals surface area contributed by atoms with Crippen LogP contribution < -0.4 is 9.47 Å². The molecule has 0 spiro atoms. The van der Waals surface area contributed by atoms with Gasteiger partial charge in [-0.3, -0.25) is 0 Å². The van der Waals surface area contributed by atoms with Gasteiger partial charge in [-0.15, -0.1) is 0 Å². The van der Waals surface area contributed by atoms with Crippen LogP contribution in [0.1, 0.15) is 77.3 Å². The monoisotopic (exact) mass is 457 g/mol. The summed E-state index contributed by atoms with van der Waals surface area (Å²) >= 11 is 11.3. The smallest absolute Gasteiger partial charge is 0.125 e. The number of oxime groups is 1. The van der Waals surface area contributed by atoms with E-state index in [1.54, 1.807) is 6.08 Å². The van der Waals surface area contributed by atoms with Gasteiger partial charge in [0.05, 0.1) is 12.3 Å². The van der Waals surface area contributed by atoms with Gasteiger partial charge < -0.3 is 14.3 Å². The number of unbranched alkanes of at least 4 members (excludes halogenated alkanes) is 4. The minimum absolute atomic E-state index is 0.219. The van der Waals surface area contributed by atoms with Gasteiger partial charge >= 0.3 is 0 Å². The van der Waals surface area contributed by atoms with E-state index >= 15 is 0 Å². The summed E-state index contributed by atoms with van der Waals surface area (Å²) in [6.45, 7) is 9.98. The molecule has 0 aliphatic rings. The maximum absolute atomic E-state index is 6.23. The fraction of sp³-hybridized carbons (Fsp3) is 0.625. The lowest BCUT2D eigenvalue weighted by Crippen LogP contribution is -2.05. The Morgan fingerprint density at radius 1 is 0.933 bits per heavy atom. The molecule has 0 aliphatic carbocycles. The first-order valence-corrected chi connectivity index (χ1v) is 11.8. The standard InChI is InChI=1S/C24H37Cl2NO3/c1-5-12-21-18-22(28-16-13-23(25)26)17-20(6-2)24(21)29-14-10-8-7-9-11-15-30-27-19(3)4/h13,17-18H,5-12,14-16H2,1-4H3. The highest BCUT2D eigenvalue weighted by atomic mass is 35.5. The highest BCUT2D eigenvalue weighted by Gasteiger charge is 2.12. The quantitative estimate of drug-likeness (QED) is 0.145. The van der Waals surface area contributed by atoms with Crippen molar-refractivity contribution in [2.45, 2.75) is 79.1 Å². The van der Waals surface area contributed by atoms with Crippen LogP contribution in [0.3, 0.4) is 0 Å². The molecule has 0 bridgehead atoms. The number of rotatable bonds is 16. The second-order valence-corrected chi connectivity index (χ2v) is 8.47. The molecule has 0 N–H and O–H groups in total. The Balaban J connectivity index is 2.49. The molecule has 0 unspecified atom stereocenters. The van der Waals surface area contributed by atoms with Crippen molar-refractivity contribution in [3.8, 4) is 11.5 Å². The molecule has 30 heavy (non-hydrogen) atoms. The van der Waals surface area contributed by atoms with Crippen molar-refractivity contribution in [1.29, 1.82) is 0 Å². The number of halogens is 2. The largest absolute Gasteiger partial charge is 0.493 e. The third-order valence-corrected chi connectivity index (χ3v) is 4.79. The Labute approximate surface area is 192 Å². The molecular formula is C24H37Cl2NO3.